The van der Waals surface area contributed by atoms with Gasteiger partial charge < -0.3 is 20.1 Å². The molecular formula is C19H26N4O3. The van der Waals surface area contributed by atoms with Crippen LogP contribution in [0.4, 0.5) is 5.82 Å². The second-order valence-corrected chi connectivity index (χ2v) is 5.94. The topological polar surface area (TPSA) is 85.4 Å². The average molecular weight is 358 g/mol. The molecule has 0 spiro atoms. The largest absolute Gasteiger partial charge is 0.493 e. The van der Waals surface area contributed by atoms with Gasteiger partial charge in [-0.05, 0) is 37.5 Å². The molecule has 0 aliphatic rings. The van der Waals surface area contributed by atoms with Crippen LogP contribution < -0.4 is 20.1 Å². The van der Waals surface area contributed by atoms with Crippen LogP contribution in [0.1, 0.15) is 36.3 Å². The maximum atomic E-state index is 12.0. The van der Waals surface area contributed by atoms with Gasteiger partial charge in [-0.1, -0.05) is 13.0 Å². The first-order chi connectivity index (χ1) is 12.6. The van der Waals surface area contributed by atoms with Crippen LogP contribution in [0.3, 0.4) is 0 Å². The number of anilines is 1. The number of benzene rings is 1. The molecule has 2 aromatic rings. The number of hydrogen-bond donors (Lipinski definition) is 2. The van der Waals surface area contributed by atoms with Crippen molar-refractivity contribution in [3.8, 4) is 11.5 Å². The van der Waals surface area contributed by atoms with Gasteiger partial charge in [-0.3, -0.25) is 4.79 Å². The molecule has 1 atom stereocenters. The smallest absolute Gasteiger partial charge is 0.271 e. The van der Waals surface area contributed by atoms with Crippen LogP contribution >= 0.6 is 0 Å². The summed E-state index contributed by atoms with van der Waals surface area (Å²) >= 11 is 0. The van der Waals surface area contributed by atoms with Crippen molar-refractivity contribution in [2.24, 2.45) is 0 Å². The molecule has 0 aliphatic carbocycles. The number of methoxy groups -OCH3 is 2. The van der Waals surface area contributed by atoms with Gasteiger partial charge in [0, 0.05) is 12.6 Å². The Hall–Kier alpha value is -2.83. The summed E-state index contributed by atoms with van der Waals surface area (Å²) in [5, 5.41) is 6.07. The van der Waals surface area contributed by atoms with Gasteiger partial charge in [0.15, 0.2) is 11.5 Å². The summed E-state index contributed by atoms with van der Waals surface area (Å²) < 4.78 is 10.5. The highest BCUT2D eigenvalue weighted by Crippen LogP contribution is 2.27. The molecule has 26 heavy (non-hydrogen) atoms. The quantitative estimate of drug-likeness (QED) is 0.717. The third-order valence-electron chi connectivity index (χ3n) is 4.04. The normalized spacial score (nSPS) is 11.5. The van der Waals surface area contributed by atoms with Crippen molar-refractivity contribution in [3.63, 3.8) is 0 Å². The molecule has 7 nitrogen and oxygen atoms in total. The molecule has 1 amide bonds. The van der Waals surface area contributed by atoms with Gasteiger partial charge in [-0.2, -0.15) is 0 Å². The van der Waals surface area contributed by atoms with Crippen LogP contribution in [-0.2, 0) is 6.42 Å². The van der Waals surface area contributed by atoms with Crippen LogP contribution in [0.25, 0.3) is 0 Å². The monoisotopic (exact) mass is 358 g/mol. The summed E-state index contributed by atoms with van der Waals surface area (Å²) in [6.45, 7) is 4.65. The summed E-state index contributed by atoms with van der Waals surface area (Å²) in [7, 11) is 3.24. The molecule has 0 radical (unpaired) electrons. The predicted molar refractivity (Wildman–Crippen MR) is 101 cm³/mol. The number of hydrogen-bond acceptors (Lipinski definition) is 6. The number of rotatable bonds is 9. The Morgan fingerprint density at radius 1 is 1.15 bits per heavy atom. The molecule has 1 heterocycles. The Morgan fingerprint density at radius 2 is 1.92 bits per heavy atom. The second-order valence-electron chi connectivity index (χ2n) is 5.94. The van der Waals surface area contributed by atoms with Gasteiger partial charge in [0.1, 0.15) is 11.5 Å². The minimum atomic E-state index is -0.205. The second kappa shape index (κ2) is 9.60. The summed E-state index contributed by atoms with van der Waals surface area (Å²) in [4.78, 5) is 20.4. The van der Waals surface area contributed by atoms with Crippen molar-refractivity contribution in [1.82, 2.24) is 15.3 Å². The Kier molecular flexibility index (Phi) is 7.20. The van der Waals surface area contributed by atoms with Crippen molar-refractivity contribution in [1.29, 1.82) is 0 Å². The van der Waals surface area contributed by atoms with Crippen LogP contribution in [0, 0.1) is 0 Å². The molecule has 0 bridgehead atoms. The lowest BCUT2D eigenvalue weighted by molar-refractivity contribution is 0.0934. The van der Waals surface area contributed by atoms with Gasteiger partial charge >= 0.3 is 0 Å². The molecule has 140 valence electrons. The molecule has 1 unspecified atom stereocenters. The zero-order valence-corrected chi connectivity index (χ0v) is 15.7. The zero-order valence-electron chi connectivity index (χ0n) is 15.7. The minimum absolute atomic E-state index is 0.114. The minimum Gasteiger partial charge on any atom is -0.493 e. The molecule has 0 saturated heterocycles. The number of carbonyl (C=O) groups is 1. The molecule has 1 aromatic heterocycles. The fraction of sp³-hybridized carbons (Fsp3) is 0.421. The SMILES string of the molecule is CCC(C)NC(=O)c1cnc(NCCc2ccc(OC)c(OC)c2)cn1. The Bertz CT molecular complexity index is 719. The van der Waals surface area contributed by atoms with E-state index in [-0.39, 0.29) is 11.9 Å². The highest BCUT2D eigenvalue weighted by molar-refractivity contribution is 5.92. The summed E-state index contributed by atoms with van der Waals surface area (Å²) in [6.07, 6.45) is 4.71. The first-order valence-corrected chi connectivity index (χ1v) is 8.65. The van der Waals surface area contributed by atoms with Crippen molar-refractivity contribution < 1.29 is 14.3 Å². The van der Waals surface area contributed by atoms with E-state index in [1.807, 2.05) is 32.0 Å². The highest BCUT2D eigenvalue weighted by atomic mass is 16.5. The van der Waals surface area contributed by atoms with Gasteiger partial charge in [0.25, 0.3) is 5.91 Å². The molecule has 1 aromatic carbocycles. The summed E-state index contributed by atoms with van der Waals surface area (Å²) in [5.41, 5.74) is 1.43. The van der Waals surface area contributed by atoms with Crippen LogP contribution in [0.15, 0.2) is 30.6 Å². The number of nitrogens with one attached hydrogen (secondary N) is 2. The van der Waals surface area contributed by atoms with Crippen molar-refractivity contribution in [2.45, 2.75) is 32.7 Å². The maximum absolute atomic E-state index is 12.0. The average Bonchev–Trinajstić information content (AvgIpc) is 2.68. The van der Waals surface area contributed by atoms with E-state index in [4.69, 9.17) is 9.47 Å². The lowest BCUT2D eigenvalue weighted by Gasteiger charge is -2.11. The van der Waals surface area contributed by atoms with Gasteiger partial charge in [0.05, 0.1) is 26.6 Å². The zero-order chi connectivity index (χ0) is 18.9. The molecule has 2 N–H and O–H groups in total. The van der Waals surface area contributed by atoms with E-state index in [9.17, 15) is 4.79 Å². The Morgan fingerprint density at radius 3 is 2.54 bits per heavy atom. The van der Waals surface area contributed by atoms with E-state index in [0.717, 1.165) is 18.4 Å². The highest BCUT2D eigenvalue weighted by Gasteiger charge is 2.10. The number of ether oxygens (including phenoxy) is 2. The van der Waals surface area contributed by atoms with E-state index < -0.39 is 0 Å². The number of aromatic nitrogens is 2. The van der Waals surface area contributed by atoms with E-state index in [0.29, 0.717) is 29.6 Å². The van der Waals surface area contributed by atoms with Crippen LogP contribution in [0.2, 0.25) is 0 Å². The molecule has 0 saturated carbocycles. The van der Waals surface area contributed by atoms with Gasteiger partial charge in [0.2, 0.25) is 0 Å². The number of carbonyl (C=O) groups excluding carboxylic acids is 1. The lowest BCUT2D eigenvalue weighted by atomic mass is 10.1. The van der Waals surface area contributed by atoms with E-state index in [1.54, 1.807) is 20.4 Å². The van der Waals surface area contributed by atoms with Crippen molar-refractivity contribution in [3.05, 3.63) is 41.9 Å². The van der Waals surface area contributed by atoms with E-state index in [1.165, 1.54) is 6.20 Å². The fourth-order valence-electron chi connectivity index (χ4n) is 2.31. The van der Waals surface area contributed by atoms with Crippen LogP contribution in [-0.4, -0.2) is 42.7 Å². The van der Waals surface area contributed by atoms with E-state index in [2.05, 4.69) is 20.6 Å². The van der Waals surface area contributed by atoms with Gasteiger partial charge in [-0.15, -0.1) is 0 Å². The number of amides is 1. The lowest BCUT2D eigenvalue weighted by Crippen LogP contribution is -2.32. The molecule has 0 fully saturated rings. The van der Waals surface area contributed by atoms with Crippen molar-refractivity contribution >= 4 is 11.7 Å². The van der Waals surface area contributed by atoms with E-state index >= 15 is 0 Å². The third kappa shape index (κ3) is 5.34. The Balaban J connectivity index is 1.87. The molecule has 0 aliphatic heterocycles. The van der Waals surface area contributed by atoms with Gasteiger partial charge in [-0.25, -0.2) is 9.97 Å². The third-order valence-corrected chi connectivity index (χ3v) is 4.04. The number of nitrogens with zero attached hydrogens (tertiary/aromatic N) is 2. The Labute approximate surface area is 154 Å². The predicted octanol–water partition coefficient (Wildman–Crippen LogP) is 2.68. The molecular weight excluding hydrogens is 332 g/mol. The standard InChI is InChI=1S/C19H26N4O3/c1-5-13(2)23-19(24)15-11-22-18(12-21-15)20-9-8-14-6-7-16(25-3)17(10-14)26-4/h6-7,10-13H,5,8-9H2,1-4H3,(H,20,22)(H,23,24). The maximum Gasteiger partial charge on any atom is 0.271 e. The first kappa shape index (κ1) is 19.5. The summed E-state index contributed by atoms with van der Waals surface area (Å²) in [6, 6.07) is 5.95. The molecule has 2 rings (SSSR count). The molecule has 7 heteroatoms. The fourth-order valence-corrected chi connectivity index (χ4v) is 2.31. The van der Waals surface area contributed by atoms with Crippen molar-refractivity contribution in [2.75, 3.05) is 26.1 Å². The van der Waals surface area contributed by atoms with Crippen LogP contribution in [0.5, 0.6) is 11.5 Å². The summed E-state index contributed by atoms with van der Waals surface area (Å²) in [5.74, 6) is 1.84. The first-order valence-electron chi connectivity index (χ1n) is 8.65.